The lowest BCUT2D eigenvalue weighted by Gasteiger charge is -2.11. The first-order valence-corrected chi connectivity index (χ1v) is 8.85. The molecule has 0 bridgehead atoms. The Morgan fingerprint density at radius 3 is 2.74 bits per heavy atom. The molecule has 0 aliphatic carbocycles. The fourth-order valence-corrected chi connectivity index (χ4v) is 2.58. The lowest BCUT2D eigenvalue weighted by Crippen LogP contribution is -2.21. The van der Waals surface area contributed by atoms with Crippen molar-refractivity contribution in [2.24, 2.45) is 0 Å². The molecule has 0 aliphatic heterocycles. The Hall–Kier alpha value is -3.35. The molecule has 0 saturated carbocycles. The minimum Gasteiger partial charge on any atom is -0.490 e. The number of pyridine rings is 1. The van der Waals surface area contributed by atoms with Crippen LogP contribution in [0.1, 0.15) is 25.2 Å². The molecular weight excluding hydrogens is 344 g/mol. The number of nitrogens with one attached hydrogen (secondary N) is 1. The van der Waals surface area contributed by atoms with Gasteiger partial charge in [0.1, 0.15) is 0 Å². The summed E-state index contributed by atoms with van der Waals surface area (Å²) in [6.45, 7) is 5.24. The van der Waals surface area contributed by atoms with Crippen LogP contribution in [0.4, 0.5) is 0 Å². The van der Waals surface area contributed by atoms with Crippen LogP contribution in [0.5, 0.6) is 11.5 Å². The molecule has 0 unspecified atom stereocenters. The second kappa shape index (κ2) is 8.84. The number of hydrogen-bond acceptors (Lipinski definition) is 5. The number of amides is 1. The predicted molar refractivity (Wildman–Crippen MR) is 103 cm³/mol. The van der Waals surface area contributed by atoms with Crippen molar-refractivity contribution in [3.63, 3.8) is 0 Å². The Labute approximate surface area is 157 Å². The van der Waals surface area contributed by atoms with Crippen LogP contribution < -0.4 is 14.8 Å². The smallest absolute Gasteiger partial charge is 0.244 e. The van der Waals surface area contributed by atoms with Gasteiger partial charge in [-0.25, -0.2) is 0 Å². The van der Waals surface area contributed by atoms with Crippen LogP contribution in [0, 0.1) is 0 Å². The van der Waals surface area contributed by atoms with Gasteiger partial charge < -0.3 is 14.8 Å². The highest BCUT2D eigenvalue weighted by Gasteiger charge is 2.07. The number of fused-ring (bicyclic) bond motifs is 1. The third kappa shape index (κ3) is 4.63. The summed E-state index contributed by atoms with van der Waals surface area (Å²) in [6.07, 6.45) is 5.08. The van der Waals surface area contributed by atoms with E-state index in [2.05, 4.69) is 15.5 Å². The Kier molecular flexibility index (Phi) is 6.04. The van der Waals surface area contributed by atoms with Gasteiger partial charge in [-0.15, -0.1) is 10.2 Å². The van der Waals surface area contributed by atoms with Gasteiger partial charge in [0.05, 0.1) is 19.8 Å². The average molecular weight is 366 g/mol. The van der Waals surface area contributed by atoms with Gasteiger partial charge in [-0.3, -0.25) is 9.20 Å². The zero-order valence-electron chi connectivity index (χ0n) is 15.4. The van der Waals surface area contributed by atoms with E-state index < -0.39 is 0 Å². The van der Waals surface area contributed by atoms with Crippen molar-refractivity contribution in [3.05, 3.63) is 60.1 Å². The van der Waals surface area contributed by atoms with Crippen molar-refractivity contribution in [1.29, 1.82) is 0 Å². The fourth-order valence-electron chi connectivity index (χ4n) is 2.58. The molecule has 7 nitrogen and oxygen atoms in total. The third-order valence-corrected chi connectivity index (χ3v) is 3.80. The summed E-state index contributed by atoms with van der Waals surface area (Å²) < 4.78 is 13.0. The molecular formula is C20H22N4O3. The number of hydrogen-bond donors (Lipinski definition) is 1. The number of rotatable bonds is 8. The maximum absolute atomic E-state index is 12.1. The molecule has 0 atom stereocenters. The molecule has 0 spiro atoms. The molecule has 2 heterocycles. The zero-order chi connectivity index (χ0) is 19.1. The van der Waals surface area contributed by atoms with Crippen molar-refractivity contribution in [3.8, 4) is 11.5 Å². The second-order valence-electron chi connectivity index (χ2n) is 5.67. The van der Waals surface area contributed by atoms with Crippen LogP contribution in [-0.2, 0) is 11.3 Å². The summed E-state index contributed by atoms with van der Waals surface area (Å²) in [5.74, 6) is 1.82. The van der Waals surface area contributed by atoms with E-state index in [9.17, 15) is 4.79 Å². The summed E-state index contributed by atoms with van der Waals surface area (Å²) in [7, 11) is 0. The van der Waals surface area contributed by atoms with Crippen molar-refractivity contribution in [1.82, 2.24) is 19.9 Å². The largest absolute Gasteiger partial charge is 0.490 e. The number of nitrogens with zero attached hydrogens (tertiary/aromatic N) is 3. The van der Waals surface area contributed by atoms with Crippen LogP contribution in [0.2, 0.25) is 0 Å². The number of carbonyl (C=O) groups excluding carboxylic acids is 1. The fraction of sp³-hybridized carbons (Fsp3) is 0.250. The molecule has 0 aliphatic rings. The highest BCUT2D eigenvalue weighted by atomic mass is 16.5. The van der Waals surface area contributed by atoms with E-state index in [0.29, 0.717) is 37.1 Å². The Morgan fingerprint density at radius 1 is 1.11 bits per heavy atom. The van der Waals surface area contributed by atoms with E-state index in [1.54, 1.807) is 6.08 Å². The molecule has 1 amide bonds. The van der Waals surface area contributed by atoms with E-state index >= 15 is 0 Å². The van der Waals surface area contributed by atoms with Gasteiger partial charge in [0.25, 0.3) is 0 Å². The first-order chi connectivity index (χ1) is 13.2. The van der Waals surface area contributed by atoms with Crippen LogP contribution in [0.25, 0.3) is 11.7 Å². The van der Waals surface area contributed by atoms with Crippen LogP contribution in [0.15, 0.2) is 48.7 Å². The average Bonchev–Trinajstić information content (AvgIpc) is 3.10. The molecule has 1 aromatic carbocycles. The molecule has 0 radical (unpaired) electrons. The van der Waals surface area contributed by atoms with E-state index in [1.807, 2.05) is 60.8 Å². The van der Waals surface area contributed by atoms with Gasteiger partial charge >= 0.3 is 0 Å². The molecule has 1 N–H and O–H groups in total. The number of aromatic nitrogens is 3. The van der Waals surface area contributed by atoms with Crippen molar-refractivity contribution >= 4 is 17.6 Å². The Balaban J connectivity index is 1.63. The lowest BCUT2D eigenvalue weighted by molar-refractivity contribution is -0.116. The SMILES string of the molecule is CCOc1ccc(/C=C/C(=O)NCc2nnc3ccccn23)cc1OCC. The van der Waals surface area contributed by atoms with Gasteiger partial charge in [-0.05, 0) is 49.8 Å². The molecule has 140 valence electrons. The summed E-state index contributed by atoms with van der Waals surface area (Å²) >= 11 is 0. The standard InChI is InChI=1S/C20H22N4O3/c1-3-26-16-10-8-15(13-17(16)27-4-2)9-11-20(25)21-14-19-23-22-18-7-5-6-12-24(18)19/h5-13H,3-4,14H2,1-2H3,(H,21,25)/b11-9+. The predicted octanol–water partition coefficient (Wildman–Crippen LogP) is 2.86. The summed E-state index contributed by atoms with van der Waals surface area (Å²) in [5, 5.41) is 11.0. The summed E-state index contributed by atoms with van der Waals surface area (Å²) in [5.41, 5.74) is 1.60. The number of carbonyl (C=O) groups is 1. The lowest BCUT2D eigenvalue weighted by atomic mass is 10.2. The molecule has 7 heteroatoms. The van der Waals surface area contributed by atoms with Gasteiger partial charge in [0.15, 0.2) is 23.0 Å². The van der Waals surface area contributed by atoms with Crippen LogP contribution >= 0.6 is 0 Å². The molecule has 0 fully saturated rings. The van der Waals surface area contributed by atoms with Crippen LogP contribution in [0.3, 0.4) is 0 Å². The van der Waals surface area contributed by atoms with Gasteiger partial charge in [-0.1, -0.05) is 12.1 Å². The van der Waals surface area contributed by atoms with Crippen molar-refractivity contribution in [2.75, 3.05) is 13.2 Å². The minimum atomic E-state index is -0.213. The first-order valence-electron chi connectivity index (χ1n) is 8.85. The topological polar surface area (TPSA) is 77.8 Å². The third-order valence-electron chi connectivity index (χ3n) is 3.80. The number of ether oxygens (including phenoxy) is 2. The van der Waals surface area contributed by atoms with E-state index in [-0.39, 0.29) is 5.91 Å². The van der Waals surface area contributed by atoms with E-state index in [4.69, 9.17) is 9.47 Å². The zero-order valence-corrected chi connectivity index (χ0v) is 15.4. The summed E-state index contributed by atoms with van der Waals surface area (Å²) in [4.78, 5) is 12.1. The van der Waals surface area contributed by atoms with Crippen molar-refractivity contribution in [2.45, 2.75) is 20.4 Å². The molecule has 2 aromatic heterocycles. The highest BCUT2D eigenvalue weighted by molar-refractivity contribution is 5.91. The number of benzene rings is 1. The molecule has 0 saturated heterocycles. The summed E-state index contributed by atoms with van der Waals surface area (Å²) in [6, 6.07) is 11.2. The minimum absolute atomic E-state index is 0.213. The Morgan fingerprint density at radius 2 is 1.93 bits per heavy atom. The normalized spacial score (nSPS) is 11.0. The van der Waals surface area contributed by atoms with E-state index in [1.165, 1.54) is 6.08 Å². The first kappa shape index (κ1) is 18.4. The maximum atomic E-state index is 12.1. The van der Waals surface area contributed by atoms with Crippen LogP contribution in [-0.4, -0.2) is 33.7 Å². The Bertz CT molecular complexity index is 949. The van der Waals surface area contributed by atoms with Crippen molar-refractivity contribution < 1.29 is 14.3 Å². The van der Waals surface area contributed by atoms with Gasteiger partial charge in [0, 0.05) is 12.3 Å². The monoisotopic (exact) mass is 366 g/mol. The van der Waals surface area contributed by atoms with Gasteiger partial charge in [-0.2, -0.15) is 0 Å². The molecule has 3 aromatic rings. The maximum Gasteiger partial charge on any atom is 0.244 e. The quantitative estimate of drug-likeness (QED) is 0.620. The molecule has 27 heavy (non-hydrogen) atoms. The molecule has 3 rings (SSSR count). The second-order valence-corrected chi connectivity index (χ2v) is 5.67. The van der Waals surface area contributed by atoms with Gasteiger partial charge in [0.2, 0.25) is 5.91 Å². The van der Waals surface area contributed by atoms with E-state index in [0.717, 1.165) is 11.2 Å². The highest BCUT2D eigenvalue weighted by Crippen LogP contribution is 2.28.